The van der Waals surface area contributed by atoms with Crippen molar-refractivity contribution in [1.29, 1.82) is 0 Å². The third-order valence-electron chi connectivity index (χ3n) is 8.90. The van der Waals surface area contributed by atoms with Gasteiger partial charge in [-0.25, -0.2) is 0 Å². The SMILES string of the molecule is CCC(=O)[C@H]1CC[C@H]2[C@@H]3CCC4=CC(=O)CC[C@]4(C)[C@H]3[C@@H]3C[C@]12CO3. The molecule has 4 fully saturated rings. The van der Waals surface area contributed by atoms with Crippen LogP contribution in [-0.4, -0.2) is 24.3 Å². The molecule has 5 rings (SSSR count). The third kappa shape index (κ3) is 1.97. The van der Waals surface area contributed by atoms with Crippen molar-refractivity contribution >= 4 is 11.6 Å². The summed E-state index contributed by atoms with van der Waals surface area (Å²) in [7, 11) is 0. The first-order chi connectivity index (χ1) is 12.0. The fraction of sp³-hybridized carbons (Fsp3) is 0.818. The van der Waals surface area contributed by atoms with Gasteiger partial charge in [-0.2, -0.15) is 0 Å². The maximum Gasteiger partial charge on any atom is 0.155 e. The van der Waals surface area contributed by atoms with Gasteiger partial charge in [-0.3, -0.25) is 9.59 Å². The van der Waals surface area contributed by atoms with Gasteiger partial charge in [-0.05, 0) is 67.8 Å². The topological polar surface area (TPSA) is 43.4 Å². The molecule has 0 aromatic carbocycles. The van der Waals surface area contributed by atoms with Crippen molar-refractivity contribution in [1.82, 2.24) is 0 Å². The maximum absolute atomic E-state index is 12.6. The minimum absolute atomic E-state index is 0.140. The van der Waals surface area contributed by atoms with Crippen LogP contribution >= 0.6 is 0 Å². The lowest BCUT2D eigenvalue weighted by molar-refractivity contribution is -0.129. The molecular formula is C22H30O3. The van der Waals surface area contributed by atoms with Gasteiger partial charge < -0.3 is 4.74 Å². The monoisotopic (exact) mass is 342 g/mol. The van der Waals surface area contributed by atoms with E-state index in [0.717, 1.165) is 32.3 Å². The van der Waals surface area contributed by atoms with Crippen LogP contribution in [0.1, 0.15) is 65.2 Å². The Bertz CT molecular complexity index is 664. The van der Waals surface area contributed by atoms with Crippen molar-refractivity contribution in [3.63, 3.8) is 0 Å². The van der Waals surface area contributed by atoms with E-state index in [1.807, 2.05) is 13.0 Å². The first-order valence-electron chi connectivity index (χ1n) is 10.4. The Kier molecular flexibility index (Phi) is 3.43. The predicted octanol–water partition coefficient (Wildman–Crippen LogP) is 4.10. The molecule has 0 N–H and O–H groups in total. The van der Waals surface area contributed by atoms with Crippen LogP contribution in [0.4, 0.5) is 0 Å². The number of carbonyl (C=O) groups excluding carboxylic acids is 2. The molecule has 25 heavy (non-hydrogen) atoms. The van der Waals surface area contributed by atoms with E-state index in [9.17, 15) is 9.59 Å². The Morgan fingerprint density at radius 1 is 1.28 bits per heavy atom. The van der Waals surface area contributed by atoms with Crippen LogP contribution < -0.4 is 0 Å². The van der Waals surface area contributed by atoms with E-state index in [1.165, 1.54) is 18.4 Å². The molecule has 136 valence electrons. The molecule has 0 aromatic heterocycles. The predicted molar refractivity (Wildman–Crippen MR) is 94.9 cm³/mol. The largest absolute Gasteiger partial charge is 0.377 e. The summed E-state index contributed by atoms with van der Waals surface area (Å²) >= 11 is 0. The molecule has 1 saturated heterocycles. The summed E-state index contributed by atoms with van der Waals surface area (Å²) in [6, 6.07) is 0. The molecule has 0 amide bonds. The van der Waals surface area contributed by atoms with Gasteiger partial charge in [0.05, 0.1) is 12.7 Å². The molecular weight excluding hydrogens is 312 g/mol. The number of allylic oxidation sites excluding steroid dienone is 1. The molecule has 0 unspecified atom stereocenters. The molecule has 0 aromatic rings. The Balaban J connectivity index is 1.54. The quantitative estimate of drug-likeness (QED) is 0.759. The van der Waals surface area contributed by atoms with Gasteiger partial charge in [0.25, 0.3) is 0 Å². The fourth-order valence-electron chi connectivity index (χ4n) is 7.86. The van der Waals surface area contributed by atoms with E-state index in [2.05, 4.69) is 6.92 Å². The highest BCUT2D eigenvalue weighted by atomic mass is 16.5. The molecule has 3 heteroatoms. The highest BCUT2D eigenvalue weighted by Crippen LogP contribution is 2.69. The molecule has 3 nitrogen and oxygen atoms in total. The van der Waals surface area contributed by atoms with E-state index in [1.54, 1.807) is 0 Å². The molecule has 3 saturated carbocycles. The van der Waals surface area contributed by atoms with Crippen LogP contribution in [0.5, 0.6) is 0 Å². The number of hydrogen-bond donors (Lipinski definition) is 0. The van der Waals surface area contributed by atoms with E-state index in [0.29, 0.717) is 48.3 Å². The van der Waals surface area contributed by atoms with Gasteiger partial charge in [-0.1, -0.05) is 19.4 Å². The second kappa shape index (κ2) is 5.28. The zero-order valence-corrected chi connectivity index (χ0v) is 15.6. The van der Waals surface area contributed by atoms with E-state index in [4.69, 9.17) is 4.74 Å². The molecule has 4 aliphatic carbocycles. The molecule has 1 heterocycles. The second-order valence-electron chi connectivity index (χ2n) is 9.62. The van der Waals surface area contributed by atoms with Crippen LogP contribution in [0.3, 0.4) is 0 Å². The fourth-order valence-corrected chi connectivity index (χ4v) is 7.86. The standard InChI is InChI=1S/C22H30O3/c1-3-18(24)17-7-6-16-15-5-4-13-10-14(23)8-9-21(13,2)20(15)19-11-22(16,17)12-25-19/h10,15-17,19-20H,3-9,11-12H2,1-2H3/t15-,16-,17+,19-,20+,21-,22+/m0/s1. The van der Waals surface area contributed by atoms with Crippen LogP contribution in [-0.2, 0) is 14.3 Å². The lowest BCUT2D eigenvalue weighted by Gasteiger charge is -2.57. The number of rotatable bonds is 2. The minimum Gasteiger partial charge on any atom is -0.377 e. The number of hydrogen-bond acceptors (Lipinski definition) is 3. The third-order valence-corrected chi connectivity index (χ3v) is 8.90. The van der Waals surface area contributed by atoms with Gasteiger partial charge in [0.1, 0.15) is 5.78 Å². The van der Waals surface area contributed by atoms with Gasteiger partial charge in [0, 0.05) is 24.2 Å². The van der Waals surface area contributed by atoms with Crippen molar-refractivity contribution in [3.8, 4) is 0 Å². The summed E-state index contributed by atoms with van der Waals surface area (Å²) in [4.78, 5) is 24.6. The Morgan fingerprint density at radius 2 is 2.12 bits per heavy atom. The molecule has 5 aliphatic rings. The van der Waals surface area contributed by atoms with E-state index >= 15 is 0 Å². The summed E-state index contributed by atoms with van der Waals surface area (Å²) in [5, 5.41) is 0. The lowest BCUT2D eigenvalue weighted by Crippen LogP contribution is -2.54. The van der Waals surface area contributed by atoms with Crippen molar-refractivity contribution in [2.45, 2.75) is 71.3 Å². The number of ether oxygens (including phenoxy) is 1. The molecule has 1 aliphatic heterocycles. The number of ketones is 2. The summed E-state index contributed by atoms with van der Waals surface area (Å²) in [6.07, 6.45) is 10.3. The lowest BCUT2D eigenvalue weighted by atomic mass is 9.46. The first-order valence-corrected chi connectivity index (χ1v) is 10.4. The van der Waals surface area contributed by atoms with Gasteiger partial charge in [0.15, 0.2) is 5.78 Å². The minimum atomic E-state index is 0.140. The van der Waals surface area contributed by atoms with E-state index in [-0.39, 0.29) is 16.7 Å². The van der Waals surface area contributed by atoms with Crippen LogP contribution in [0.2, 0.25) is 0 Å². The zero-order chi connectivity index (χ0) is 17.4. The average molecular weight is 342 g/mol. The summed E-state index contributed by atoms with van der Waals surface area (Å²) < 4.78 is 6.45. The Hall–Kier alpha value is -0.960. The number of carbonyl (C=O) groups is 2. The van der Waals surface area contributed by atoms with Crippen LogP contribution in [0, 0.1) is 34.5 Å². The first kappa shape index (κ1) is 16.2. The highest BCUT2D eigenvalue weighted by Gasteiger charge is 2.67. The maximum atomic E-state index is 12.6. The number of Topliss-reactive ketones (excluding diaryl/α,β-unsaturated/α-hetero) is 1. The molecule has 1 spiro atoms. The van der Waals surface area contributed by atoms with Crippen molar-refractivity contribution < 1.29 is 14.3 Å². The van der Waals surface area contributed by atoms with Crippen molar-refractivity contribution in [3.05, 3.63) is 11.6 Å². The summed E-state index contributed by atoms with van der Waals surface area (Å²) in [5.74, 6) is 2.93. The Morgan fingerprint density at radius 3 is 2.92 bits per heavy atom. The van der Waals surface area contributed by atoms with Crippen LogP contribution in [0.25, 0.3) is 0 Å². The van der Waals surface area contributed by atoms with E-state index < -0.39 is 0 Å². The highest BCUT2D eigenvalue weighted by molar-refractivity contribution is 5.91. The average Bonchev–Trinajstić information content (AvgIpc) is 3.17. The molecule has 7 atom stereocenters. The molecule has 0 radical (unpaired) electrons. The van der Waals surface area contributed by atoms with Crippen molar-refractivity contribution in [2.24, 2.45) is 34.5 Å². The molecule has 2 bridgehead atoms. The Labute approximate surface area is 150 Å². The number of fused-ring (bicyclic) bond motifs is 6. The van der Waals surface area contributed by atoms with Crippen LogP contribution in [0.15, 0.2) is 11.6 Å². The smallest absolute Gasteiger partial charge is 0.155 e. The van der Waals surface area contributed by atoms with Gasteiger partial charge in [0.2, 0.25) is 0 Å². The van der Waals surface area contributed by atoms with Gasteiger partial charge >= 0.3 is 0 Å². The van der Waals surface area contributed by atoms with Crippen molar-refractivity contribution in [2.75, 3.05) is 6.61 Å². The summed E-state index contributed by atoms with van der Waals surface area (Å²) in [6.45, 7) is 5.23. The normalized spacial score (nSPS) is 50.7. The summed E-state index contributed by atoms with van der Waals surface area (Å²) in [5.41, 5.74) is 1.68. The van der Waals surface area contributed by atoms with Gasteiger partial charge in [-0.15, -0.1) is 0 Å². The second-order valence-corrected chi connectivity index (χ2v) is 9.62. The zero-order valence-electron chi connectivity index (χ0n) is 15.6.